The lowest BCUT2D eigenvalue weighted by Gasteiger charge is -2.06. The van der Waals surface area contributed by atoms with E-state index in [1.807, 2.05) is 37.3 Å². The zero-order valence-corrected chi connectivity index (χ0v) is 15.8. The number of rotatable bonds is 6. The summed E-state index contributed by atoms with van der Waals surface area (Å²) in [5, 5.41) is 0.459. The van der Waals surface area contributed by atoms with E-state index >= 15 is 0 Å². The van der Waals surface area contributed by atoms with Gasteiger partial charge in [0.15, 0.2) is 0 Å². The van der Waals surface area contributed by atoms with E-state index in [0.717, 1.165) is 20.9 Å². The molecular weight excluding hydrogens is 369 g/mol. The average molecular weight is 386 g/mol. The molecule has 0 saturated carbocycles. The molecule has 0 amide bonds. The van der Waals surface area contributed by atoms with Crippen molar-refractivity contribution in [2.75, 3.05) is 0 Å². The first-order valence-corrected chi connectivity index (χ1v) is 9.34. The Kier molecular flexibility index (Phi) is 6.07. The van der Waals surface area contributed by atoms with Crippen molar-refractivity contribution in [3.05, 3.63) is 88.5 Å². The number of Topliss-reactive ketones (excluding diaryl/α,β-unsaturated/α-hetero) is 1. The Morgan fingerprint density at radius 3 is 2.54 bits per heavy atom. The number of hydrogen-bond donors (Lipinski definition) is 0. The Hall–Kier alpha value is -2.17. The predicted molar refractivity (Wildman–Crippen MR) is 103 cm³/mol. The molecule has 5 heteroatoms. The van der Waals surface area contributed by atoms with Gasteiger partial charge in [-0.05, 0) is 48.4 Å². The van der Waals surface area contributed by atoms with Gasteiger partial charge in [0.2, 0.25) is 0 Å². The van der Waals surface area contributed by atoms with Crippen molar-refractivity contribution in [1.29, 1.82) is 0 Å². The second-order valence-electron chi connectivity index (χ2n) is 6.05. The van der Waals surface area contributed by atoms with Gasteiger partial charge in [0.1, 0.15) is 16.8 Å². The minimum absolute atomic E-state index is 0.00387. The molecule has 0 unspecified atom stereocenters. The van der Waals surface area contributed by atoms with E-state index in [-0.39, 0.29) is 18.0 Å². The lowest BCUT2D eigenvalue weighted by atomic mass is 10.0. The molecule has 0 aliphatic rings. The molecule has 0 fully saturated rings. The molecule has 3 aromatic rings. The van der Waals surface area contributed by atoms with Gasteiger partial charge in [0, 0.05) is 28.8 Å². The summed E-state index contributed by atoms with van der Waals surface area (Å²) >= 11 is 7.47. The first-order valence-electron chi connectivity index (χ1n) is 8.15. The summed E-state index contributed by atoms with van der Waals surface area (Å²) in [5.74, 6) is -0.331. The molecule has 0 N–H and O–H groups in total. The predicted octanol–water partition coefficient (Wildman–Crippen LogP) is 5.69. The molecule has 3 rings (SSSR count). The van der Waals surface area contributed by atoms with Crippen LogP contribution in [0.25, 0.3) is 0 Å². The van der Waals surface area contributed by atoms with E-state index in [1.54, 1.807) is 36.2 Å². The van der Waals surface area contributed by atoms with Crippen LogP contribution in [0.4, 0.5) is 4.39 Å². The van der Waals surface area contributed by atoms with Crippen molar-refractivity contribution in [2.24, 2.45) is 0 Å². The standard InChI is InChI=1S/C21H17ClFNOS/c1-14-2-7-20(23)16(10-14)12-17(25)11-15-3-5-18(6-4-15)26-19-8-9-24-21(22)13-19/h2-10,13H,11-12H2,1H3. The molecule has 26 heavy (non-hydrogen) atoms. The molecule has 1 heterocycles. The quantitative estimate of drug-likeness (QED) is 0.511. The van der Waals surface area contributed by atoms with Crippen molar-refractivity contribution in [1.82, 2.24) is 4.98 Å². The van der Waals surface area contributed by atoms with Gasteiger partial charge in [-0.1, -0.05) is 53.2 Å². The summed E-state index contributed by atoms with van der Waals surface area (Å²) in [7, 11) is 0. The number of carbonyl (C=O) groups excluding carboxylic acids is 1. The molecule has 2 nitrogen and oxygen atoms in total. The monoisotopic (exact) mass is 385 g/mol. The van der Waals surface area contributed by atoms with Crippen LogP contribution in [-0.2, 0) is 17.6 Å². The summed E-state index contributed by atoms with van der Waals surface area (Å²) < 4.78 is 13.8. The highest BCUT2D eigenvalue weighted by atomic mass is 35.5. The fourth-order valence-corrected chi connectivity index (χ4v) is 3.68. The molecule has 0 aliphatic heterocycles. The minimum atomic E-state index is -0.327. The SMILES string of the molecule is Cc1ccc(F)c(CC(=O)Cc2ccc(Sc3ccnc(Cl)c3)cc2)c1. The molecule has 0 radical (unpaired) electrons. The summed E-state index contributed by atoms with van der Waals surface area (Å²) in [5.41, 5.74) is 2.32. The Morgan fingerprint density at radius 2 is 1.81 bits per heavy atom. The van der Waals surface area contributed by atoms with Crippen LogP contribution in [-0.4, -0.2) is 10.8 Å². The lowest BCUT2D eigenvalue weighted by Crippen LogP contribution is -2.08. The number of hydrogen-bond acceptors (Lipinski definition) is 3. The van der Waals surface area contributed by atoms with E-state index in [0.29, 0.717) is 17.1 Å². The second kappa shape index (κ2) is 8.47. The number of ketones is 1. The molecule has 0 aliphatic carbocycles. The summed E-state index contributed by atoms with van der Waals surface area (Å²) in [6, 6.07) is 16.3. The van der Waals surface area contributed by atoms with Crippen LogP contribution in [0.1, 0.15) is 16.7 Å². The first-order chi connectivity index (χ1) is 12.5. The van der Waals surface area contributed by atoms with Gasteiger partial charge in [-0.25, -0.2) is 9.37 Å². The highest BCUT2D eigenvalue weighted by molar-refractivity contribution is 7.99. The van der Waals surface area contributed by atoms with Gasteiger partial charge in [-0.2, -0.15) is 0 Å². The maximum absolute atomic E-state index is 13.8. The number of halogens is 2. The number of aryl methyl sites for hydroxylation is 1. The molecule has 0 saturated heterocycles. The zero-order valence-electron chi connectivity index (χ0n) is 14.2. The highest BCUT2D eigenvalue weighted by Crippen LogP contribution is 2.28. The largest absolute Gasteiger partial charge is 0.299 e. The third-order valence-electron chi connectivity index (χ3n) is 3.85. The molecule has 132 valence electrons. The summed E-state index contributed by atoms with van der Waals surface area (Å²) in [6.45, 7) is 1.89. The molecule has 0 spiro atoms. The van der Waals surface area contributed by atoms with E-state index in [2.05, 4.69) is 4.98 Å². The van der Waals surface area contributed by atoms with E-state index in [1.165, 1.54) is 6.07 Å². The van der Waals surface area contributed by atoms with Crippen LogP contribution in [0.5, 0.6) is 0 Å². The summed E-state index contributed by atoms with van der Waals surface area (Å²) in [6.07, 6.45) is 2.07. The maximum Gasteiger partial charge on any atom is 0.141 e. The number of pyridine rings is 1. The van der Waals surface area contributed by atoms with Crippen LogP contribution in [0, 0.1) is 12.7 Å². The van der Waals surface area contributed by atoms with Crippen molar-refractivity contribution >= 4 is 29.1 Å². The number of nitrogens with zero attached hydrogens (tertiary/aromatic N) is 1. The fraction of sp³-hybridized carbons (Fsp3) is 0.143. The zero-order chi connectivity index (χ0) is 18.5. The van der Waals surface area contributed by atoms with Crippen LogP contribution < -0.4 is 0 Å². The van der Waals surface area contributed by atoms with Crippen molar-refractivity contribution in [3.8, 4) is 0 Å². The van der Waals surface area contributed by atoms with E-state index < -0.39 is 0 Å². The second-order valence-corrected chi connectivity index (χ2v) is 7.58. The van der Waals surface area contributed by atoms with Gasteiger partial charge in [-0.3, -0.25) is 4.79 Å². The van der Waals surface area contributed by atoms with E-state index in [9.17, 15) is 9.18 Å². The fourth-order valence-electron chi connectivity index (χ4n) is 2.60. The molecule has 0 atom stereocenters. The minimum Gasteiger partial charge on any atom is -0.299 e. The number of benzene rings is 2. The van der Waals surface area contributed by atoms with Crippen LogP contribution >= 0.6 is 23.4 Å². The Labute approximate surface area is 161 Å². The third-order valence-corrected chi connectivity index (χ3v) is 5.05. The highest BCUT2D eigenvalue weighted by Gasteiger charge is 2.10. The third kappa shape index (κ3) is 5.16. The Morgan fingerprint density at radius 1 is 1.04 bits per heavy atom. The molecule has 0 bridgehead atoms. The molecule has 2 aromatic carbocycles. The maximum atomic E-state index is 13.8. The summed E-state index contributed by atoms with van der Waals surface area (Å²) in [4.78, 5) is 18.3. The van der Waals surface area contributed by atoms with Crippen LogP contribution in [0.3, 0.4) is 0 Å². The van der Waals surface area contributed by atoms with Gasteiger partial charge < -0.3 is 0 Å². The topological polar surface area (TPSA) is 30.0 Å². The van der Waals surface area contributed by atoms with Gasteiger partial charge in [0.25, 0.3) is 0 Å². The number of carbonyl (C=O) groups is 1. The molecular formula is C21H17ClFNOS. The number of aromatic nitrogens is 1. The average Bonchev–Trinajstić information content (AvgIpc) is 2.60. The van der Waals surface area contributed by atoms with E-state index in [4.69, 9.17) is 11.6 Å². The first kappa shape index (κ1) is 18.6. The van der Waals surface area contributed by atoms with Crippen molar-refractivity contribution in [3.63, 3.8) is 0 Å². The van der Waals surface area contributed by atoms with Crippen molar-refractivity contribution < 1.29 is 9.18 Å². The lowest BCUT2D eigenvalue weighted by molar-refractivity contribution is -0.117. The van der Waals surface area contributed by atoms with Gasteiger partial charge in [-0.15, -0.1) is 0 Å². The molecule has 1 aromatic heterocycles. The Balaban J connectivity index is 1.61. The smallest absolute Gasteiger partial charge is 0.141 e. The van der Waals surface area contributed by atoms with Gasteiger partial charge >= 0.3 is 0 Å². The van der Waals surface area contributed by atoms with Gasteiger partial charge in [0.05, 0.1) is 0 Å². The Bertz CT molecular complexity index is 928. The van der Waals surface area contributed by atoms with Crippen LogP contribution in [0.2, 0.25) is 5.15 Å². The van der Waals surface area contributed by atoms with Crippen molar-refractivity contribution in [2.45, 2.75) is 29.6 Å². The van der Waals surface area contributed by atoms with Crippen LogP contribution in [0.15, 0.2) is 70.6 Å². The normalized spacial score (nSPS) is 10.7.